The maximum atomic E-state index is 12.9. The number of amides is 2. The second kappa shape index (κ2) is 3.15. The number of hydrogen-bond donors (Lipinski definition) is 1. The number of nitrogens with one attached hydrogen (secondary N) is 1. The van der Waals surface area contributed by atoms with Gasteiger partial charge in [-0.1, -0.05) is 13.8 Å². The lowest BCUT2D eigenvalue weighted by Crippen LogP contribution is -2.83. The van der Waals surface area contributed by atoms with Gasteiger partial charge in [-0.25, -0.2) is 0 Å². The summed E-state index contributed by atoms with van der Waals surface area (Å²) < 4.78 is 0. The lowest BCUT2D eigenvalue weighted by atomic mass is 9.53. The largest absolute Gasteiger partial charge is 0.336 e. The molecule has 4 fully saturated rings. The molecule has 4 heterocycles. The van der Waals surface area contributed by atoms with Crippen LogP contribution in [-0.4, -0.2) is 40.1 Å². The first-order chi connectivity index (χ1) is 9.34. The first-order valence-electron chi connectivity index (χ1n) is 7.23. The standard InChI is InChI=1S/C15H18N2O3/c1-13(2)9-8-14-5-3-7-17(14)12(20)15(9,16-11(14)19)6-4-10(13)18/h4,6,9H,3,5,7-8H2,1-2H3,(H,16,19)/t9?,14?,15-/m1/s1. The van der Waals surface area contributed by atoms with E-state index in [9.17, 15) is 14.4 Å². The van der Waals surface area contributed by atoms with E-state index >= 15 is 0 Å². The lowest BCUT2D eigenvalue weighted by molar-refractivity contribution is -0.177. The molecule has 2 unspecified atom stereocenters. The number of hydrogen-bond acceptors (Lipinski definition) is 3. The van der Waals surface area contributed by atoms with E-state index in [2.05, 4.69) is 5.32 Å². The Bertz CT molecular complexity index is 594. The van der Waals surface area contributed by atoms with Gasteiger partial charge in [-0.05, 0) is 31.4 Å². The summed E-state index contributed by atoms with van der Waals surface area (Å²) in [6.45, 7) is 4.44. The highest BCUT2D eigenvalue weighted by Crippen LogP contribution is 2.56. The van der Waals surface area contributed by atoms with Crippen molar-refractivity contribution in [3.05, 3.63) is 12.2 Å². The second-order valence-electron chi connectivity index (χ2n) is 7.09. The molecular weight excluding hydrogens is 256 g/mol. The van der Waals surface area contributed by atoms with Crippen molar-refractivity contribution in [1.29, 1.82) is 0 Å². The van der Waals surface area contributed by atoms with Crippen LogP contribution in [0.5, 0.6) is 0 Å². The van der Waals surface area contributed by atoms with Crippen LogP contribution in [0.15, 0.2) is 12.2 Å². The molecule has 106 valence electrons. The molecular formula is C15H18N2O3. The summed E-state index contributed by atoms with van der Waals surface area (Å²) in [4.78, 5) is 39.4. The average Bonchev–Trinajstić information content (AvgIpc) is 2.82. The van der Waals surface area contributed by atoms with Crippen LogP contribution < -0.4 is 5.32 Å². The van der Waals surface area contributed by atoms with Crippen LogP contribution in [0, 0.1) is 11.3 Å². The molecule has 5 nitrogen and oxygen atoms in total. The van der Waals surface area contributed by atoms with Gasteiger partial charge in [0, 0.05) is 17.9 Å². The summed E-state index contributed by atoms with van der Waals surface area (Å²) in [5, 5.41) is 2.95. The van der Waals surface area contributed by atoms with Crippen LogP contribution in [0.3, 0.4) is 0 Å². The van der Waals surface area contributed by atoms with Gasteiger partial charge in [0.1, 0.15) is 11.1 Å². The predicted molar refractivity (Wildman–Crippen MR) is 70.6 cm³/mol. The number of carbonyl (C=O) groups is 3. The minimum Gasteiger partial charge on any atom is -0.336 e. The molecule has 1 aliphatic carbocycles. The topological polar surface area (TPSA) is 66.5 Å². The maximum absolute atomic E-state index is 12.9. The summed E-state index contributed by atoms with van der Waals surface area (Å²) in [5.41, 5.74) is -2.31. The van der Waals surface area contributed by atoms with Gasteiger partial charge in [0.15, 0.2) is 5.78 Å². The van der Waals surface area contributed by atoms with Gasteiger partial charge in [0.05, 0.1) is 0 Å². The minimum absolute atomic E-state index is 0.0253. The van der Waals surface area contributed by atoms with Gasteiger partial charge in [-0.15, -0.1) is 0 Å². The zero-order chi connectivity index (χ0) is 14.3. The van der Waals surface area contributed by atoms with Crippen molar-refractivity contribution < 1.29 is 14.4 Å². The van der Waals surface area contributed by atoms with E-state index in [1.54, 1.807) is 11.0 Å². The number of carbonyl (C=O) groups excluding carboxylic acids is 3. The van der Waals surface area contributed by atoms with Gasteiger partial charge >= 0.3 is 0 Å². The molecule has 5 rings (SSSR count). The number of allylic oxidation sites excluding steroid dienone is 1. The highest BCUT2D eigenvalue weighted by molar-refractivity contribution is 6.09. The van der Waals surface area contributed by atoms with Crippen LogP contribution >= 0.6 is 0 Å². The van der Waals surface area contributed by atoms with E-state index < -0.39 is 16.5 Å². The molecule has 2 bridgehead atoms. The first kappa shape index (κ1) is 12.1. The summed E-state index contributed by atoms with van der Waals surface area (Å²) in [6, 6.07) is 0. The van der Waals surface area contributed by atoms with E-state index in [0.717, 1.165) is 6.42 Å². The summed E-state index contributed by atoms with van der Waals surface area (Å²) in [6.07, 6.45) is 5.29. The molecule has 3 atom stereocenters. The van der Waals surface area contributed by atoms with Crippen LogP contribution in [-0.2, 0) is 14.4 Å². The first-order valence-corrected chi connectivity index (χ1v) is 7.23. The van der Waals surface area contributed by atoms with E-state index in [0.29, 0.717) is 19.4 Å². The molecule has 0 radical (unpaired) electrons. The number of nitrogens with zero attached hydrogens (tertiary/aromatic N) is 1. The number of rotatable bonds is 0. The van der Waals surface area contributed by atoms with Crippen molar-refractivity contribution in [3.8, 4) is 0 Å². The summed E-state index contributed by atoms with van der Waals surface area (Å²) in [7, 11) is 0. The van der Waals surface area contributed by atoms with Gasteiger partial charge in [0.25, 0.3) is 5.91 Å². The summed E-state index contributed by atoms with van der Waals surface area (Å²) >= 11 is 0. The predicted octanol–water partition coefficient (Wildman–Crippen LogP) is 0.401. The SMILES string of the molecule is CC1(C)C(=O)C=C[C@]23NC(=O)C4(CCCN4C2=O)CC13. The molecule has 2 amide bonds. The highest BCUT2D eigenvalue weighted by atomic mass is 16.2. The molecule has 1 N–H and O–H groups in total. The van der Waals surface area contributed by atoms with E-state index in [1.807, 2.05) is 13.8 Å². The number of fused-ring (bicyclic) bond motifs is 1. The Labute approximate surface area is 117 Å². The molecule has 0 saturated carbocycles. The Morgan fingerprint density at radius 1 is 1.30 bits per heavy atom. The summed E-state index contributed by atoms with van der Waals surface area (Å²) in [5.74, 6) is -0.168. The average molecular weight is 274 g/mol. The normalized spacial score (nSPS) is 44.4. The van der Waals surface area contributed by atoms with E-state index in [-0.39, 0.29) is 23.5 Å². The molecule has 0 aromatic heterocycles. The molecule has 0 aromatic carbocycles. The zero-order valence-corrected chi connectivity index (χ0v) is 11.7. The van der Waals surface area contributed by atoms with Crippen molar-refractivity contribution in [3.63, 3.8) is 0 Å². The fraction of sp³-hybridized carbons (Fsp3) is 0.667. The maximum Gasteiger partial charge on any atom is 0.253 e. The highest BCUT2D eigenvalue weighted by Gasteiger charge is 2.71. The van der Waals surface area contributed by atoms with Crippen molar-refractivity contribution in [2.45, 2.75) is 44.2 Å². The molecule has 4 aliphatic heterocycles. The van der Waals surface area contributed by atoms with Crippen molar-refractivity contribution in [1.82, 2.24) is 10.2 Å². The quantitative estimate of drug-likeness (QED) is 0.695. The van der Waals surface area contributed by atoms with Crippen molar-refractivity contribution in [2.24, 2.45) is 11.3 Å². The van der Waals surface area contributed by atoms with E-state index in [4.69, 9.17) is 0 Å². The lowest BCUT2D eigenvalue weighted by Gasteiger charge is -2.62. The Morgan fingerprint density at radius 3 is 2.80 bits per heavy atom. The number of piperidine rings is 2. The zero-order valence-electron chi connectivity index (χ0n) is 11.7. The smallest absolute Gasteiger partial charge is 0.253 e. The Balaban J connectivity index is 1.95. The fourth-order valence-electron chi connectivity index (χ4n) is 4.68. The van der Waals surface area contributed by atoms with E-state index in [1.165, 1.54) is 6.08 Å². The molecule has 2 spiro atoms. The minimum atomic E-state index is -0.999. The van der Waals surface area contributed by atoms with Crippen LogP contribution in [0.2, 0.25) is 0 Å². The number of piperazine rings is 1. The van der Waals surface area contributed by atoms with Crippen molar-refractivity contribution in [2.75, 3.05) is 6.54 Å². The molecule has 0 aromatic rings. The van der Waals surface area contributed by atoms with Gasteiger partial charge < -0.3 is 10.2 Å². The molecule has 5 heteroatoms. The van der Waals surface area contributed by atoms with Crippen LogP contribution in [0.4, 0.5) is 0 Å². The molecule has 4 saturated heterocycles. The van der Waals surface area contributed by atoms with Gasteiger partial charge in [-0.3, -0.25) is 14.4 Å². The Morgan fingerprint density at radius 2 is 2.05 bits per heavy atom. The van der Waals surface area contributed by atoms with Gasteiger partial charge in [0.2, 0.25) is 5.91 Å². The Kier molecular flexibility index (Phi) is 1.91. The van der Waals surface area contributed by atoms with Crippen LogP contribution in [0.1, 0.15) is 33.1 Å². The third-order valence-corrected chi connectivity index (χ3v) is 5.93. The molecule has 5 aliphatic rings. The van der Waals surface area contributed by atoms with Crippen molar-refractivity contribution >= 4 is 17.6 Å². The number of ketones is 1. The second-order valence-corrected chi connectivity index (χ2v) is 7.09. The third-order valence-electron chi connectivity index (χ3n) is 5.93. The fourth-order valence-corrected chi connectivity index (χ4v) is 4.68. The third kappa shape index (κ3) is 1.02. The molecule has 20 heavy (non-hydrogen) atoms. The Hall–Kier alpha value is -1.65. The van der Waals surface area contributed by atoms with Crippen LogP contribution in [0.25, 0.3) is 0 Å². The van der Waals surface area contributed by atoms with Gasteiger partial charge in [-0.2, -0.15) is 0 Å². The monoisotopic (exact) mass is 274 g/mol.